The number of nitrogens with two attached hydrogens (primary N) is 1. The first-order valence-corrected chi connectivity index (χ1v) is 8.46. The molecule has 6 heteroatoms. The summed E-state index contributed by atoms with van der Waals surface area (Å²) in [5.74, 6) is 0.521. The summed E-state index contributed by atoms with van der Waals surface area (Å²) in [6.45, 7) is 4.33. The minimum Gasteiger partial charge on any atom is -0.370 e. The summed E-state index contributed by atoms with van der Waals surface area (Å²) in [7, 11) is 0. The quantitative estimate of drug-likeness (QED) is 0.635. The minimum absolute atomic E-state index is 0.0411. The van der Waals surface area contributed by atoms with Gasteiger partial charge in [-0.1, -0.05) is 15.9 Å². The molecule has 1 amide bonds. The van der Waals surface area contributed by atoms with Crippen LogP contribution in [0.1, 0.15) is 31.2 Å². The fourth-order valence-corrected chi connectivity index (χ4v) is 2.95. The van der Waals surface area contributed by atoms with Crippen molar-refractivity contribution in [1.82, 2.24) is 4.90 Å². The standard InChI is InChI=1S/C16H23BrN4O/c1-12-11-13(17)5-6-14(12)20-15(22)7-8-19-16(18)21-9-3-2-4-10-21/h5-6,11H,2-4,7-10H2,1H3,(H2,18,19)(H,20,22). The Kier molecular flexibility index (Phi) is 6.24. The first-order chi connectivity index (χ1) is 10.6. The highest BCUT2D eigenvalue weighted by Crippen LogP contribution is 2.20. The molecule has 1 aliphatic heterocycles. The van der Waals surface area contributed by atoms with Crippen LogP contribution in [0.4, 0.5) is 5.69 Å². The molecule has 1 heterocycles. The van der Waals surface area contributed by atoms with Gasteiger partial charge in [0.1, 0.15) is 0 Å². The number of guanidine groups is 1. The Labute approximate surface area is 140 Å². The van der Waals surface area contributed by atoms with Crippen molar-refractivity contribution in [2.45, 2.75) is 32.6 Å². The molecule has 0 aromatic heterocycles. The molecule has 5 nitrogen and oxygen atoms in total. The van der Waals surface area contributed by atoms with Crippen molar-refractivity contribution in [3.8, 4) is 0 Å². The Morgan fingerprint density at radius 2 is 2.09 bits per heavy atom. The lowest BCUT2D eigenvalue weighted by molar-refractivity contribution is -0.116. The number of carbonyl (C=O) groups excluding carboxylic acids is 1. The molecule has 0 spiro atoms. The van der Waals surface area contributed by atoms with Crippen LogP contribution in [0.3, 0.4) is 0 Å². The third-order valence-electron chi connectivity index (χ3n) is 3.76. The fourth-order valence-electron chi connectivity index (χ4n) is 2.48. The van der Waals surface area contributed by atoms with Crippen LogP contribution in [0.25, 0.3) is 0 Å². The highest BCUT2D eigenvalue weighted by atomic mass is 79.9. The predicted octanol–water partition coefficient (Wildman–Crippen LogP) is 2.89. The van der Waals surface area contributed by atoms with E-state index in [4.69, 9.17) is 5.73 Å². The number of amides is 1. The van der Waals surface area contributed by atoms with Crippen molar-refractivity contribution >= 4 is 33.5 Å². The van der Waals surface area contributed by atoms with Crippen LogP contribution in [-0.4, -0.2) is 36.4 Å². The molecule has 0 atom stereocenters. The second-order valence-electron chi connectivity index (χ2n) is 5.55. The third-order valence-corrected chi connectivity index (χ3v) is 4.25. The van der Waals surface area contributed by atoms with Crippen molar-refractivity contribution in [3.05, 3.63) is 28.2 Å². The topological polar surface area (TPSA) is 70.7 Å². The van der Waals surface area contributed by atoms with E-state index in [2.05, 4.69) is 31.1 Å². The van der Waals surface area contributed by atoms with Crippen molar-refractivity contribution in [1.29, 1.82) is 0 Å². The van der Waals surface area contributed by atoms with Crippen molar-refractivity contribution < 1.29 is 4.79 Å². The van der Waals surface area contributed by atoms with Gasteiger partial charge in [0.25, 0.3) is 0 Å². The van der Waals surface area contributed by atoms with Gasteiger partial charge in [0.15, 0.2) is 5.96 Å². The zero-order chi connectivity index (χ0) is 15.9. The van der Waals surface area contributed by atoms with Gasteiger partial charge in [0.05, 0.1) is 6.54 Å². The largest absolute Gasteiger partial charge is 0.370 e. The molecule has 1 aliphatic rings. The van der Waals surface area contributed by atoms with Crippen molar-refractivity contribution in [2.75, 3.05) is 25.0 Å². The van der Waals surface area contributed by atoms with E-state index in [1.807, 2.05) is 25.1 Å². The molecule has 0 radical (unpaired) electrons. The first-order valence-electron chi connectivity index (χ1n) is 7.67. The number of aryl methyl sites for hydroxylation is 1. The van der Waals surface area contributed by atoms with E-state index in [-0.39, 0.29) is 5.91 Å². The number of hydrogen-bond acceptors (Lipinski definition) is 2. The van der Waals surface area contributed by atoms with E-state index < -0.39 is 0 Å². The summed E-state index contributed by atoms with van der Waals surface area (Å²) < 4.78 is 1.00. The van der Waals surface area contributed by atoms with Crippen LogP contribution >= 0.6 is 15.9 Å². The molecule has 3 N–H and O–H groups in total. The highest BCUT2D eigenvalue weighted by molar-refractivity contribution is 9.10. The number of nitrogens with zero attached hydrogens (tertiary/aromatic N) is 2. The summed E-state index contributed by atoms with van der Waals surface area (Å²) >= 11 is 3.41. The molecular weight excluding hydrogens is 344 g/mol. The van der Waals surface area contributed by atoms with Crippen molar-refractivity contribution in [2.24, 2.45) is 10.7 Å². The number of anilines is 1. The van der Waals surface area contributed by atoms with Gasteiger partial charge in [-0.05, 0) is 49.9 Å². The van der Waals surface area contributed by atoms with Crippen LogP contribution in [0.2, 0.25) is 0 Å². The summed E-state index contributed by atoms with van der Waals surface area (Å²) in [6.07, 6.45) is 3.93. The Balaban J connectivity index is 1.79. The normalized spacial score (nSPS) is 15.7. The number of piperidine rings is 1. The van der Waals surface area contributed by atoms with Gasteiger partial charge in [-0.2, -0.15) is 0 Å². The average Bonchev–Trinajstić information content (AvgIpc) is 2.51. The maximum Gasteiger partial charge on any atom is 0.226 e. The highest BCUT2D eigenvalue weighted by Gasteiger charge is 2.12. The number of aliphatic imine (C=N–C) groups is 1. The van der Waals surface area contributed by atoms with Gasteiger partial charge in [-0.15, -0.1) is 0 Å². The van der Waals surface area contributed by atoms with Crippen LogP contribution in [0.15, 0.2) is 27.7 Å². The Morgan fingerprint density at radius 3 is 2.77 bits per heavy atom. The predicted molar refractivity (Wildman–Crippen MR) is 94.0 cm³/mol. The Morgan fingerprint density at radius 1 is 1.36 bits per heavy atom. The maximum atomic E-state index is 12.0. The zero-order valence-electron chi connectivity index (χ0n) is 12.9. The van der Waals surface area contributed by atoms with Crippen LogP contribution in [-0.2, 0) is 4.79 Å². The summed E-state index contributed by atoms with van der Waals surface area (Å²) in [4.78, 5) is 18.4. The number of hydrogen-bond donors (Lipinski definition) is 2. The molecule has 0 bridgehead atoms. The number of likely N-dealkylation sites (tertiary alicyclic amines) is 1. The van der Waals surface area contributed by atoms with Crippen LogP contribution in [0, 0.1) is 6.92 Å². The van der Waals surface area contributed by atoms with Gasteiger partial charge in [0, 0.05) is 29.7 Å². The Hall–Kier alpha value is -1.56. The second kappa shape index (κ2) is 8.17. The van der Waals surface area contributed by atoms with Gasteiger partial charge in [0.2, 0.25) is 5.91 Å². The van der Waals surface area contributed by atoms with Gasteiger partial charge in [-0.3, -0.25) is 9.79 Å². The molecule has 0 aliphatic carbocycles. The van der Waals surface area contributed by atoms with E-state index >= 15 is 0 Å². The molecule has 0 saturated carbocycles. The first kappa shape index (κ1) is 16.8. The number of carbonyl (C=O) groups is 1. The number of nitrogens with one attached hydrogen (secondary N) is 1. The fraction of sp³-hybridized carbons (Fsp3) is 0.500. The summed E-state index contributed by atoms with van der Waals surface area (Å²) in [6, 6.07) is 5.78. The van der Waals surface area contributed by atoms with Gasteiger partial charge < -0.3 is 16.0 Å². The maximum absolute atomic E-state index is 12.0. The molecule has 1 aromatic carbocycles. The zero-order valence-corrected chi connectivity index (χ0v) is 14.5. The number of rotatable bonds is 4. The van der Waals surface area contributed by atoms with Gasteiger partial charge in [-0.25, -0.2) is 0 Å². The average molecular weight is 367 g/mol. The van der Waals surface area contributed by atoms with E-state index in [9.17, 15) is 4.79 Å². The van der Waals surface area contributed by atoms with E-state index in [0.29, 0.717) is 18.9 Å². The van der Waals surface area contributed by atoms with Crippen LogP contribution < -0.4 is 11.1 Å². The minimum atomic E-state index is -0.0411. The lowest BCUT2D eigenvalue weighted by atomic mass is 10.1. The molecular formula is C16H23BrN4O. The summed E-state index contributed by atoms with van der Waals surface area (Å²) in [5.41, 5.74) is 7.83. The van der Waals surface area contributed by atoms with E-state index in [1.54, 1.807) is 0 Å². The molecule has 120 valence electrons. The third kappa shape index (κ3) is 5.02. The Bertz CT molecular complexity index is 553. The SMILES string of the molecule is Cc1cc(Br)ccc1NC(=O)CCN=C(N)N1CCCCC1. The molecule has 1 aromatic rings. The monoisotopic (exact) mass is 366 g/mol. The summed E-state index contributed by atoms with van der Waals surface area (Å²) in [5, 5.41) is 2.91. The smallest absolute Gasteiger partial charge is 0.226 e. The lowest BCUT2D eigenvalue weighted by Crippen LogP contribution is -2.41. The second-order valence-corrected chi connectivity index (χ2v) is 6.46. The van der Waals surface area contributed by atoms with E-state index in [1.165, 1.54) is 19.3 Å². The van der Waals surface area contributed by atoms with E-state index in [0.717, 1.165) is 28.8 Å². The number of halogens is 1. The van der Waals surface area contributed by atoms with Gasteiger partial charge >= 0.3 is 0 Å². The van der Waals surface area contributed by atoms with Crippen molar-refractivity contribution in [3.63, 3.8) is 0 Å². The molecule has 1 fully saturated rings. The lowest BCUT2D eigenvalue weighted by Gasteiger charge is -2.27. The van der Waals surface area contributed by atoms with Crippen LogP contribution in [0.5, 0.6) is 0 Å². The molecule has 0 unspecified atom stereocenters. The molecule has 22 heavy (non-hydrogen) atoms. The molecule has 1 saturated heterocycles. The number of benzene rings is 1. The molecule has 2 rings (SSSR count).